The minimum Gasteiger partial charge on any atom is -0.339 e. The topological polar surface area (TPSA) is 64.9 Å². The lowest BCUT2D eigenvalue weighted by molar-refractivity contribution is 0.328. The highest BCUT2D eigenvalue weighted by molar-refractivity contribution is 5.05. The molecule has 2 fully saturated rings. The molecule has 82 valence electrons. The van der Waals surface area contributed by atoms with Crippen LogP contribution >= 0.6 is 0 Å². The van der Waals surface area contributed by atoms with Crippen molar-refractivity contribution >= 4 is 0 Å². The summed E-state index contributed by atoms with van der Waals surface area (Å²) >= 11 is 0. The van der Waals surface area contributed by atoms with Crippen LogP contribution < -0.4 is 5.73 Å². The van der Waals surface area contributed by atoms with Gasteiger partial charge < -0.3 is 10.3 Å². The molecule has 4 heteroatoms. The highest BCUT2D eigenvalue weighted by Crippen LogP contribution is 2.37. The summed E-state index contributed by atoms with van der Waals surface area (Å²) in [5.74, 6) is 2.56. The summed E-state index contributed by atoms with van der Waals surface area (Å²) in [5.41, 5.74) is 6.02. The number of hydrogen-bond acceptors (Lipinski definition) is 4. The minimum atomic E-state index is 0.222. The van der Waals surface area contributed by atoms with E-state index in [0.717, 1.165) is 24.6 Å². The summed E-state index contributed by atoms with van der Waals surface area (Å²) in [5, 5.41) is 4.08. The van der Waals surface area contributed by atoms with Gasteiger partial charge in [-0.1, -0.05) is 18.0 Å². The second-order valence-electron chi connectivity index (χ2n) is 4.82. The van der Waals surface area contributed by atoms with Gasteiger partial charge in [0.15, 0.2) is 5.82 Å². The van der Waals surface area contributed by atoms with Gasteiger partial charge in [-0.15, -0.1) is 0 Å². The molecule has 1 aromatic heterocycles. The van der Waals surface area contributed by atoms with E-state index < -0.39 is 0 Å². The molecule has 4 nitrogen and oxygen atoms in total. The number of nitrogens with two attached hydrogens (primary N) is 1. The molecule has 2 N–H and O–H groups in total. The summed E-state index contributed by atoms with van der Waals surface area (Å²) in [6.45, 7) is 0. The summed E-state index contributed by atoms with van der Waals surface area (Å²) in [4.78, 5) is 4.51. The van der Waals surface area contributed by atoms with Gasteiger partial charge in [0, 0.05) is 12.0 Å². The third kappa shape index (κ3) is 1.57. The van der Waals surface area contributed by atoms with E-state index in [-0.39, 0.29) is 6.04 Å². The summed E-state index contributed by atoms with van der Waals surface area (Å²) < 4.78 is 5.33. The molecule has 2 aliphatic rings. The molecular formula is C11H17N3O. The maximum absolute atomic E-state index is 6.02. The molecule has 0 spiro atoms. The van der Waals surface area contributed by atoms with Crippen molar-refractivity contribution in [3.8, 4) is 0 Å². The predicted molar refractivity (Wildman–Crippen MR) is 55.5 cm³/mol. The molecule has 0 aromatic carbocycles. The van der Waals surface area contributed by atoms with Gasteiger partial charge in [-0.05, 0) is 25.7 Å². The molecule has 0 aliphatic heterocycles. The van der Waals surface area contributed by atoms with E-state index >= 15 is 0 Å². The van der Waals surface area contributed by atoms with Crippen molar-refractivity contribution in [2.24, 2.45) is 5.73 Å². The molecule has 2 saturated carbocycles. The normalized spacial score (nSPS) is 31.8. The van der Waals surface area contributed by atoms with Crippen LogP contribution in [0.2, 0.25) is 0 Å². The summed E-state index contributed by atoms with van der Waals surface area (Å²) in [7, 11) is 0. The number of hydrogen-bond donors (Lipinski definition) is 1. The van der Waals surface area contributed by atoms with Crippen molar-refractivity contribution in [1.82, 2.24) is 10.1 Å². The Morgan fingerprint density at radius 1 is 1.13 bits per heavy atom. The molecule has 1 heterocycles. The fourth-order valence-corrected chi connectivity index (χ4v) is 2.53. The molecule has 1 aromatic rings. The maximum atomic E-state index is 6.02. The molecule has 0 radical (unpaired) electrons. The third-order valence-electron chi connectivity index (χ3n) is 3.81. The molecule has 2 aliphatic carbocycles. The second-order valence-corrected chi connectivity index (χ2v) is 4.82. The Labute approximate surface area is 89.2 Å². The zero-order valence-corrected chi connectivity index (χ0v) is 8.85. The Kier molecular flexibility index (Phi) is 2.24. The first-order chi connectivity index (χ1) is 7.34. The van der Waals surface area contributed by atoms with E-state index in [1.54, 1.807) is 0 Å². The van der Waals surface area contributed by atoms with Crippen LogP contribution in [0.1, 0.15) is 62.1 Å². The van der Waals surface area contributed by atoms with Crippen LogP contribution in [0.25, 0.3) is 0 Å². The zero-order valence-electron chi connectivity index (χ0n) is 8.85. The van der Waals surface area contributed by atoms with Crippen molar-refractivity contribution in [2.45, 2.75) is 56.4 Å². The standard InChI is InChI=1S/C11H17N3O/c12-9-6-2-5-8(9)11-13-10(14-15-11)7-3-1-4-7/h7-9H,1-6,12H2. The Morgan fingerprint density at radius 3 is 2.53 bits per heavy atom. The molecule has 2 atom stereocenters. The lowest BCUT2D eigenvalue weighted by Crippen LogP contribution is -2.23. The Bertz CT molecular complexity index is 345. The summed E-state index contributed by atoms with van der Waals surface area (Å²) in [6, 6.07) is 0.222. The van der Waals surface area contributed by atoms with Gasteiger partial charge in [0.25, 0.3) is 0 Å². The monoisotopic (exact) mass is 207 g/mol. The van der Waals surface area contributed by atoms with E-state index in [4.69, 9.17) is 10.3 Å². The van der Waals surface area contributed by atoms with E-state index in [0.29, 0.717) is 11.8 Å². The lowest BCUT2D eigenvalue weighted by atomic mass is 9.85. The van der Waals surface area contributed by atoms with Gasteiger partial charge in [0.2, 0.25) is 5.89 Å². The number of nitrogens with zero attached hydrogens (tertiary/aromatic N) is 2. The van der Waals surface area contributed by atoms with Crippen LogP contribution in [0.3, 0.4) is 0 Å². The molecule has 0 amide bonds. The predicted octanol–water partition coefficient (Wildman–Crippen LogP) is 1.93. The van der Waals surface area contributed by atoms with Crippen LogP contribution in [-0.4, -0.2) is 16.2 Å². The Hall–Kier alpha value is -0.900. The van der Waals surface area contributed by atoms with Gasteiger partial charge in [0.1, 0.15) is 0 Å². The Morgan fingerprint density at radius 2 is 1.93 bits per heavy atom. The van der Waals surface area contributed by atoms with Gasteiger partial charge in [-0.3, -0.25) is 0 Å². The van der Waals surface area contributed by atoms with Crippen LogP contribution in [0.4, 0.5) is 0 Å². The number of aromatic nitrogens is 2. The largest absolute Gasteiger partial charge is 0.339 e. The smallest absolute Gasteiger partial charge is 0.231 e. The van der Waals surface area contributed by atoms with E-state index in [9.17, 15) is 0 Å². The van der Waals surface area contributed by atoms with Gasteiger partial charge >= 0.3 is 0 Å². The highest BCUT2D eigenvalue weighted by atomic mass is 16.5. The van der Waals surface area contributed by atoms with Crippen LogP contribution in [0, 0.1) is 0 Å². The minimum absolute atomic E-state index is 0.222. The Balaban J connectivity index is 1.77. The van der Waals surface area contributed by atoms with Gasteiger partial charge in [0.05, 0.1) is 5.92 Å². The SMILES string of the molecule is NC1CCCC1c1nc(C2CCC2)no1. The summed E-state index contributed by atoms with van der Waals surface area (Å²) in [6.07, 6.45) is 7.12. The number of rotatable bonds is 2. The second kappa shape index (κ2) is 3.59. The highest BCUT2D eigenvalue weighted by Gasteiger charge is 2.32. The maximum Gasteiger partial charge on any atom is 0.231 e. The van der Waals surface area contributed by atoms with Crippen molar-refractivity contribution in [3.63, 3.8) is 0 Å². The van der Waals surface area contributed by atoms with E-state index in [1.165, 1.54) is 25.7 Å². The fourth-order valence-electron chi connectivity index (χ4n) is 2.53. The third-order valence-corrected chi connectivity index (χ3v) is 3.81. The molecule has 3 rings (SSSR count). The average Bonchev–Trinajstić information content (AvgIpc) is 2.70. The van der Waals surface area contributed by atoms with Gasteiger partial charge in [-0.2, -0.15) is 4.98 Å². The van der Waals surface area contributed by atoms with Crippen molar-refractivity contribution < 1.29 is 4.52 Å². The first-order valence-electron chi connectivity index (χ1n) is 5.93. The van der Waals surface area contributed by atoms with Crippen molar-refractivity contribution in [1.29, 1.82) is 0 Å². The van der Waals surface area contributed by atoms with E-state index in [2.05, 4.69) is 10.1 Å². The van der Waals surface area contributed by atoms with Crippen molar-refractivity contribution in [2.75, 3.05) is 0 Å². The molecule has 0 bridgehead atoms. The van der Waals surface area contributed by atoms with Crippen LogP contribution in [0.15, 0.2) is 4.52 Å². The fraction of sp³-hybridized carbons (Fsp3) is 0.818. The van der Waals surface area contributed by atoms with E-state index in [1.807, 2.05) is 0 Å². The molecular weight excluding hydrogens is 190 g/mol. The van der Waals surface area contributed by atoms with Crippen LogP contribution in [0.5, 0.6) is 0 Å². The quantitative estimate of drug-likeness (QED) is 0.804. The zero-order chi connectivity index (χ0) is 10.3. The first kappa shape index (κ1) is 9.33. The van der Waals surface area contributed by atoms with Crippen LogP contribution in [-0.2, 0) is 0 Å². The first-order valence-corrected chi connectivity index (χ1v) is 5.93. The molecule has 2 unspecified atom stereocenters. The molecule has 15 heavy (non-hydrogen) atoms. The van der Waals surface area contributed by atoms with Gasteiger partial charge in [-0.25, -0.2) is 0 Å². The lowest BCUT2D eigenvalue weighted by Gasteiger charge is -2.21. The van der Waals surface area contributed by atoms with Crippen molar-refractivity contribution in [3.05, 3.63) is 11.7 Å². The molecule has 0 saturated heterocycles. The average molecular weight is 207 g/mol.